The Kier molecular flexibility index (Phi) is 4.10. The van der Waals surface area contributed by atoms with Crippen LogP contribution in [0.3, 0.4) is 0 Å². The SMILES string of the molecule is CC(C)CN(Cc1cccc(N)c1Br)C1CC1. The fraction of sp³-hybridized carbons (Fsp3) is 0.571. The predicted octanol–water partition coefficient (Wildman–Crippen LogP) is 3.65. The molecular formula is C14H21BrN2. The second-order valence-corrected chi connectivity index (χ2v) is 6.17. The van der Waals surface area contributed by atoms with Gasteiger partial charge in [0.25, 0.3) is 0 Å². The van der Waals surface area contributed by atoms with Crippen LogP contribution in [0.2, 0.25) is 0 Å². The number of rotatable bonds is 5. The fourth-order valence-electron chi connectivity index (χ4n) is 2.19. The molecule has 1 aromatic carbocycles. The van der Waals surface area contributed by atoms with E-state index in [-0.39, 0.29) is 0 Å². The van der Waals surface area contributed by atoms with Crippen molar-refractivity contribution in [3.8, 4) is 0 Å². The van der Waals surface area contributed by atoms with E-state index in [1.54, 1.807) is 0 Å². The van der Waals surface area contributed by atoms with Gasteiger partial charge >= 0.3 is 0 Å². The summed E-state index contributed by atoms with van der Waals surface area (Å²) in [5.41, 5.74) is 8.06. The van der Waals surface area contributed by atoms with Crippen molar-refractivity contribution < 1.29 is 0 Å². The molecular weight excluding hydrogens is 276 g/mol. The maximum atomic E-state index is 5.92. The third-order valence-corrected chi connectivity index (χ3v) is 4.11. The largest absolute Gasteiger partial charge is 0.398 e. The maximum Gasteiger partial charge on any atom is 0.0461 e. The molecule has 0 atom stereocenters. The molecule has 0 saturated heterocycles. The number of nitrogens with two attached hydrogens (primary N) is 1. The van der Waals surface area contributed by atoms with Crippen LogP contribution in [0, 0.1) is 5.92 Å². The van der Waals surface area contributed by atoms with E-state index in [9.17, 15) is 0 Å². The Morgan fingerprint density at radius 2 is 2.12 bits per heavy atom. The summed E-state index contributed by atoms with van der Waals surface area (Å²) in [6, 6.07) is 6.94. The Bertz CT molecular complexity index is 386. The summed E-state index contributed by atoms with van der Waals surface area (Å²) in [7, 11) is 0. The molecule has 0 radical (unpaired) electrons. The van der Waals surface area contributed by atoms with E-state index in [0.717, 1.165) is 28.7 Å². The van der Waals surface area contributed by atoms with Crippen LogP contribution in [0.25, 0.3) is 0 Å². The molecule has 0 aromatic heterocycles. The minimum atomic E-state index is 0.718. The van der Waals surface area contributed by atoms with Crippen molar-refractivity contribution >= 4 is 21.6 Å². The summed E-state index contributed by atoms with van der Waals surface area (Å²) in [6.45, 7) is 6.74. The number of benzene rings is 1. The van der Waals surface area contributed by atoms with Gasteiger partial charge in [-0.05, 0) is 46.3 Å². The van der Waals surface area contributed by atoms with E-state index in [1.165, 1.54) is 24.9 Å². The van der Waals surface area contributed by atoms with Crippen molar-refractivity contribution in [1.29, 1.82) is 0 Å². The molecule has 1 aliphatic carbocycles. The zero-order valence-corrected chi connectivity index (χ0v) is 12.2. The van der Waals surface area contributed by atoms with E-state index in [2.05, 4.69) is 40.7 Å². The third-order valence-electron chi connectivity index (χ3n) is 3.14. The predicted molar refractivity (Wildman–Crippen MR) is 76.8 cm³/mol. The average Bonchev–Trinajstić information content (AvgIpc) is 3.06. The minimum absolute atomic E-state index is 0.718. The molecule has 0 heterocycles. The molecule has 94 valence electrons. The Labute approximate surface area is 112 Å². The summed E-state index contributed by atoms with van der Waals surface area (Å²) in [6.07, 6.45) is 2.71. The van der Waals surface area contributed by atoms with Gasteiger partial charge in [0, 0.05) is 29.3 Å². The van der Waals surface area contributed by atoms with Crippen LogP contribution >= 0.6 is 15.9 Å². The smallest absolute Gasteiger partial charge is 0.0461 e. The summed E-state index contributed by atoms with van der Waals surface area (Å²) >= 11 is 3.59. The molecule has 2 rings (SSSR count). The molecule has 1 aromatic rings. The molecule has 0 bridgehead atoms. The molecule has 0 unspecified atom stereocenters. The van der Waals surface area contributed by atoms with E-state index in [4.69, 9.17) is 5.73 Å². The van der Waals surface area contributed by atoms with Crippen LogP contribution in [0.4, 0.5) is 5.69 Å². The Morgan fingerprint density at radius 1 is 1.41 bits per heavy atom. The first kappa shape index (κ1) is 12.9. The highest BCUT2D eigenvalue weighted by molar-refractivity contribution is 9.10. The van der Waals surface area contributed by atoms with Gasteiger partial charge in [0.2, 0.25) is 0 Å². The molecule has 3 heteroatoms. The van der Waals surface area contributed by atoms with Gasteiger partial charge in [-0.2, -0.15) is 0 Å². The Hall–Kier alpha value is -0.540. The summed E-state index contributed by atoms with van der Waals surface area (Å²) in [5, 5.41) is 0. The number of hydrogen-bond donors (Lipinski definition) is 1. The maximum absolute atomic E-state index is 5.92. The third kappa shape index (κ3) is 3.46. The molecule has 2 nitrogen and oxygen atoms in total. The van der Waals surface area contributed by atoms with Crippen LogP contribution < -0.4 is 5.73 Å². The first-order chi connectivity index (χ1) is 8.08. The second-order valence-electron chi connectivity index (χ2n) is 5.37. The topological polar surface area (TPSA) is 29.3 Å². The number of anilines is 1. The Balaban J connectivity index is 2.08. The van der Waals surface area contributed by atoms with E-state index < -0.39 is 0 Å². The average molecular weight is 297 g/mol. The molecule has 0 amide bonds. The van der Waals surface area contributed by atoms with Crippen LogP contribution in [-0.4, -0.2) is 17.5 Å². The van der Waals surface area contributed by atoms with Gasteiger partial charge in [0.15, 0.2) is 0 Å². The van der Waals surface area contributed by atoms with Crippen LogP contribution in [0.1, 0.15) is 32.3 Å². The van der Waals surface area contributed by atoms with Crippen molar-refractivity contribution in [2.45, 2.75) is 39.3 Å². The minimum Gasteiger partial charge on any atom is -0.398 e. The zero-order chi connectivity index (χ0) is 12.4. The van der Waals surface area contributed by atoms with Crippen LogP contribution in [0.15, 0.2) is 22.7 Å². The molecule has 1 saturated carbocycles. The molecule has 1 aliphatic rings. The lowest BCUT2D eigenvalue weighted by Gasteiger charge is -2.24. The van der Waals surface area contributed by atoms with Gasteiger partial charge in [0.05, 0.1) is 0 Å². The normalized spacial score (nSPS) is 15.8. The fourth-order valence-corrected chi connectivity index (χ4v) is 2.58. The van der Waals surface area contributed by atoms with Crippen molar-refractivity contribution in [1.82, 2.24) is 4.90 Å². The highest BCUT2D eigenvalue weighted by Crippen LogP contribution is 2.31. The molecule has 2 N–H and O–H groups in total. The first-order valence-corrected chi connectivity index (χ1v) is 7.14. The zero-order valence-electron chi connectivity index (χ0n) is 10.6. The van der Waals surface area contributed by atoms with Crippen LogP contribution in [-0.2, 0) is 6.54 Å². The van der Waals surface area contributed by atoms with Gasteiger partial charge in [0.1, 0.15) is 0 Å². The number of nitrogen functional groups attached to an aromatic ring is 1. The monoisotopic (exact) mass is 296 g/mol. The van der Waals surface area contributed by atoms with Gasteiger partial charge in [-0.3, -0.25) is 4.90 Å². The molecule has 0 aliphatic heterocycles. The Morgan fingerprint density at radius 3 is 2.71 bits per heavy atom. The lowest BCUT2D eigenvalue weighted by molar-refractivity contribution is 0.226. The van der Waals surface area contributed by atoms with Crippen molar-refractivity contribution in [3.05, 3.63) is 28.2 Å². The summed E-state index contributed by atoms with van der Waals surface area (Å²) < 4.78 is 1.06. The van der Waals surface area contributed by atoms with Crippen LogP contribution in [0.5, 0.6) is 0 Å². The molecule has 1 fully saturated rings. The van der Waals surface area contributed by atoms with Gasteiger partial charge in [-0.25, -0.2) is 0 Å². The molecule has 0 spiro atoms. The summed E-state index contributed by atoms with van der Waals surface area (Å²) in [4.78, 5) is 2.59. The van der Waals surface area contributed by atoms with Gasteiger partial charge in [-0.15, -0.1) is 0 Å². The highest BCUT2D eigenvalue weighted by atomic mass is 79.9. The highest BCUT2D eigenvalue weighted by Gasteiger charge is 2.29. The van der Waals surface area contributed by atoms with Crippen molar-refractivity contribution in [2.24, 2.45) is 5.92 Å². The quantitative estimate of drug-likeness (QED) is 0.841. The van der Waals surface area contributed by atoms with Gasteiger partial charge in [-0.1, -0.05) is 26.0 Å². The molecule has 17 heavy (non-hydrogen) atoms. The number of hydrogen-bond acceptors (Lipinski definition) is 2. The summed E-state index contributed by atoms with van der Waals surface area (Å²) in [5.74, 6) is 0.718. The van der Waals surface area contributed by atoms with E-state index in [0.29, 0.717) is 0 Å². The van der Waals surface area contributed by atoms with Crippen molar-refractivity contribution in [3.63, 3.8) is 0 Å². The van der Waals surface area contributed by atoms with Crippen molar-refractivity contribution in [2.75, 3.05) is 12.3 Å². The standard InChI is InChI=1S/C14H21BrN2/c1-10(2)8-17(12-6-7-12)9-11-4-3-5-13(16)14(11)15/h3-5,10,12H,6-9,16H2,1-2H3. The number of halogens is 1. The number of nitrogens with zero attached hydrogens (tertiary/aromatic N) is 1. The lowest BCUT2D eigenvalue weighted by Crippen LogP contribution is -2.29. The lowest BCUT2D eigenvalue weighted by atomic mass is 10.1. The second kappa shape index (κ2) is 5.40. The van der Waals surface area contributed by atoms with E-state index >= 15 is 0 Å². The van der Waals surface area contributed by atoms with Gasteiger partial charge < -0.3 is 5.73 Å². The van der Waals surface area contributed by atoms with E-state index in [1.807, 2.05) is 12.1 Å². The first-order valence-electron chi connectivity index (χ1n) is 6.35.